The molecular weight excluding hydrogens is 332 g/mol. The van der Waals surface area contributed by atoms with Gasteiger partial charge in [0.05, 0.1) is 27.6 Å². The quantitative estimate of drug-likeness (QED) is 0.626. The summed E-state index contributed by atoms with van der Waals surface area (Å²) in [7, 11) is 0. The number of carbonyl (C=O) groups is 1. The minimum Gasteiger partial charge on any atom is -0.462 e. The van der Waals surface area contributed by atoms with E-state index in [1.165, 1.54) is 12.3 Å². The van der Waals surface area contributed by atoms with Gasteiger partial charge in [-0.25, -0.2) is 9.18 Å². The molecule has 0 spiro atoms. The predicted octanol–water partition coefficient (Wildman–Crippen LogP) is 3.96. The number of rotatable bonds is 3. The number of esters is 1. The van der Waals surface area contributed by atoms with Crippen LogP contribution >= 0.6 is 23.2 Å². The molecule has 1 aliphatic rings. The van der Waals surface area contributed by atoms with Crippen LogP contribution in [-0.4, -0.2) is 17.1 Å². The molecule has 0 unspecified atom stereocenters. The highest BCUT2D eigenvalue weighted by Gasteiger charge is 2.29. The maximum absolute atomic E-state index is 13.9. The van der Waals surface area contributed by atoms with E-state index >= 15 is 0 Å². The van der Waals surface area contributed by atoms with E-state index in [9.17, 15) is 14.0 Å². The van der Waals surface area contributed by atoms with Crippen LogP contribution in [0, 0.1) is 5.82 Å². The van der Waals surface area contributed by atoms with Crippen molar-refractivity contribution in [2.75, 3.05) is 6.61 Å². The predicted molar refractivity (Wildman–Crippen MR) is 82.4 cm³/mol. The molecule has 1 aromatic carbocycles. The number of carbonyl (C=O) groups excluding carboxylic acids is 1. The molecule has 0 bridgehead atoms. The molecule has 116 valence electrons. The van der Waals surface area contributed by atoms with Crippen LogP contribution in [0.5, 0.6) is 0 Å². The molecular formula is C15H12Cl2FNO3. The third kappa shape index (κ3) is 2.38. The highest BCUT2D eigenvalue weighted by Crippen LogP contribution is 2.39. The number of aromatic nitrogens is 1. The van der Waals surface area contributed by atoms with E-state index in [2.05, 4.69) is 0 Å². The normalized spacial score (nSPS) is 14.4. The van der Waals surface area contributed by atoms with E-state index in [1.807, 2.05) is 0 Å². The van der Waals surface area contributed by atoms with Gasteiger partial charge in [0.15, 0.2) is 5.82 Å². The summed E-state index contributed by atoms with van der Waals surface area (Å²) in [6, 6.07) is 1.51. The van der Waals surface area contributed by atoms with Gasteiger partial charge in [0.25, 0.3) is 0 Å². The number of fused-ring (bicyclic) bond motifs is 1. The zero-order valence-electron chi connectivity index (χ0n) is 11.7. The maximum atomic E-state index is 13.9. The largest absolute Gasteiger partial charge is 0.462 e. The molecule has 0 amide bonds. The Balaban J connectivity index is 2.39. The molecule has 4 nitrogen and oxygen atoms in total. The van der Waals surface area contributed by atoms with Crippen molar-refractivity contribution < 1.29 is 13.9 Å². The Morgan fingerprint density at radius 3 is 2.73 bits per heavy atom. The first-order chi connectivity index (χ1) is 10.5. The Morgan fingerprint density at radius 1 is 1.45 bits per heavy atom. The Kier molecular flexibility index (Phi) is 3.87. The molecule has 1 aliphatic carbocycles. The average molecular weight is 344 g/mol. The van der Waals surface area contributed by atoms with E-state index < -0.39 is 17.2 Å². The molecule has 0 radical (unpaired) electrons. The van der Waals surface area contributed by atoms with E-state index in [0.29, 0.717) is 5.52 Å². The summed E-state index contributed by atoms with van der Waals surface area (Å²) in [4.78, 5) is 24.5. The number of hydrogen-bond acceptors (Lipinski definition) is 3. The van der Waals surface area contributed by atoms with Crippen LogP contribution in [0.1, 0.15) is 36.2 Å². The lowest BCUT2D eigenvalue weighted by atomic mass is 10.1. The van der Waals surface area contributed by atoms with E-state index in [-0.39, 0.29) is 33.6 Å². The fraction of sp³-hybridized carbons (Fsp3) is 0.333. The van der Waals surface area contributed by atoms with Crippen molar-refractivity contribution in [3.05, 3.63) is 43.9 Å². The number of halogens is 3. The first-order valence-corrected chi connectivity index (χ1v) is 7.60. The fourth-order valence-corrected chi connectivity index (χ4v) is 2.94. The minimum atomic E-state index is -0.865. The van der Waals surface area contributed by atoms with Crippen molar-refractivity contribution in [2.24, 2.45) is 0 Å². The number of benzene rings is 1. The summed E-state index contributed by atoms with van der Waals surface area (Å²) in [5, 5.41) is -0.566. The third-order valence-corrected chi connectivity index (χ3v) is 4.23. The highest BCUT2D eigenvalue weighted by molar-refractivity contribution is 6.38. The molecule has 1 heterocycles. The highest BCUT2D eigenvalue weighted by atomic mass is 35.5. The Bertz CT molecular complexity index is 843. The first-order valence-electron chi connectivity index (χ1n) is 6.85. The van der Waals surface area contributed by atoms with Crippen LogP contribution in [0.25, 0.3) is 10.9 Å². The van der Waals surface area contributed by atoms with Gasteiger partial charge in [0.1, 0.15) is 5.56 Å². The van der Waals surface area contributed by atoms with Crippen molar-refractivity contribution in [3.63, 3.8) is 0 Å². The van der Waals surface area contributed by atoms with Gasteiger partial charge in [-0.3, -0.25) is 4.79 Å². The topological polar surface area (TPSA) is 48.3 Å². The standard InChI is InChI=1S/C15H12Cl2FNO3/c1-2-22-15(21)8-6-19(7-3-4-7)10-5-9(16)13(18)12(17)11(10)14(8)20/h5-7H,2-4H2,1H3. The molecule has 2 aromatic rings. The van der Waals surface area contributed by atoms with Crippen LogP contribution in [0.2, 0.25) is 10.0 Å². The molecule has 0 atom stereocenters. The van der Waals surface area contributed by atoms with Crippen molar-refractivity contribution in [2.45, 2.75) is 25.8 Å². The monoisotopic (exact) mass is 343 g/mol. The lowest BCUT2D eigenvalue weighted by Crippen LogP contribution is -2.21. The second kappa shape index (κ2) is 5.56. The van der Waals surface area contributed by atoms with Gasteiger partial charge in [-0.1, -0.05) is 23.2 Å². The number of pyridine rings is 1. The van der Waals surface area contributed by atoms with Gasteiger partial charge in [-0.15, -0.1) is 0 Å². The van der Waals surface area contributed by atoms with Crippen molar-refractivity contribution in [1.29, 1.82) is 0 Å². The zero-order chi connectivity index (χ0) is 16.0. The van der Waals surface area contributed by atoms with Crippen LogP contribution in [0.15, 0.2) is 17.1 Å². The summed E-state index contributed by atoms with van der Waals surface area (Å²) in [5.74, 6) is -1.61. The van der Waals surface area contributed by atoms with Gasteiger partial charge in [-0.05, 0) is 25.8 Å². The van der Waals surface area contributed by atoms with E-state index in [1.54, 1.807) is 11.5 Å². The summed E-state index contributed by atoms with van der Waals surface area (Å²) in [5.41, 5.74) is -0.368. The van der Waals surface area contributed by atoms with E-state index in [0.717, 1.165) is 12.8 Å². The summed E-state index contributed by atoms with van der Waals surface area (Å²) in [6.07, 6.45) is 3.27. The fourth-order valence-electron chi connectivity index (χ4n) is 2.41. The molecule has 0 saturated heterocycles. The molecule has 7 heteroatoms. The summed E-state index contributed by atoms with van der Waals surface area (Å²) >= 11 is 11.8. The van der Waals surface area contributed by atoms with Crippen LogP contribution in [0.3, 0.4) is 0 Å². The molecule has 0 N–H and O–H groups in total. The first kappa shape index (κ1) is 15.3. The van der Waals surface area contributed by atoms with Crippen molar-refractivity contribution in [1.82, 2.24) is 4.57 Å². The third-order valence-electron chi connectivity index (χ3n) is 3.60. The Labute approximate surface area is 135 Å². The molecule has 1 fully saturated rings. The van der Waals surface area contributed by atoms with Gasteiger partial charge in [0.2, 0.25) is 5.43 Å². The number of nitrogens with zero attached hydrogens (tertiary/aromatic N) is 1. The maximum Gasteiger partial charge on any atom is 0.343 e. The second-order valence-electron chi connectivity index (χ2n) is 5.11. The molecule has 0 aliphatic heterocycles. The van der Waals surface area contributed by atoms with E-state index in [4.69, 9.17) is 27.9 Å². The average Bonchev–Trinajstić information content (AvgIpc) is 3.29. The van der Waals surface area contributed by atoms with Crippen LogP contribution in [-0.2, 0) is 4.74 Å². The summed E-state index contributed by atoms with van der Waals surface area (Å²) < 4.78 is 20.6. The number of hydrogen-bond donors (Lipinski definition) is 0. The lowest BCUT2D eigenvalue weighted by molar-refractivity contribution is 0.0524. The summed E-state index contributed by atoms with van der Waals surface area (Å²) in [6.45, 7) is 1.78. The SMILES string of the molecule is CCOC(=O)c1cn(C2CC2)c2cc(Cl)c(F)c(Cl)c2c1=O. The molecule has 1 aromatic heterocycles. The van der Waals surface area contributed by atoms with Gasteiger partial charge < -0.3 is 9.30 Å². The minimum absolute atomic E-state index is 0.0407. The molecule has 3 rings (SSSR count). The Morgan fingerprint density at radius 2 is 2.14 bits per heavy atom. The van der Waals surface area contributed by atoms with Crippen molar-refractivity contribution in [3.8, 4) is 0 Å². The van der Waals surface area contributed by atoms with Crippen LogP contribution < -0.4 is 5.43 Å². The molecule has 22 heavy (non-hydrogen) atoms. The molecule has 1 saturated carbocycles. The smallest absolute Gasteiger partial charge is 0.343 e. The van der Waals surface area contributed by atoms with Gasteiger partial charge >= 0.3 is 5.97 Å². The Hall–Kier alpha value is -1.59. The lowest BCUT2D eigenvalue weighted by Gasteiger charge is -2.14. The number of ether oxygens (including phenoxy) is 1. The second-order valence-corrected chi connectivity index (χ2v) is 5.90. The zero-order valence-corrected chi connectivity index (χ0v) is 13.2. The van der Waals surface area contributed by atoms with Gasteiger partial charge in [-0.2, -0.15) is 0 Å². The van der Waals surface area contributed by atoms with Crippen LogP contribution in [0.4, 0.5) is 4.39 Å². The van der Waals surface area contributed by atoms with Gasteiger partial charge in [0, 0.05) is 12.2 Å². The van der Waals surface area contributed by atoms with Crippen molar-refractivity contribution >= 4 is 40.1 Å².